The number of amides is 1. The van der Waals surface area contributed by atoms with Crippen LogP contribution in [-0.4, -0.2) is 43.6 Å². The van der Waals surface area contributed by atoms with E-state index in [4.69, 9.17) is 4.74 Å². The van der Waals surface area contributed by atoms with Crippen molar-refractivity contribution >= 4 is 11.6 Å². The number of carbonyl (C=O) groups is 1. The standard InChI is InChI=1S/C21H28N2O2/c1-13-12-22(8-9-23(13)16-4-3-5-17(11-16)25-2)21(24)20-18-14-6-7-15(10-14)19(18)20/h3-5,11,13-15,18-20H,6-10,12H2,1-2H3. The van der Waals surface area contributed by atoms with Gasteiger partial charge in [-0.25, -0.2) is 0 Å². The van der Waals surface area contributed by atoms with E-state index < -0.39 is 0 Å². The lowest BCUT2D eigenvalue weighted by Gasteiger charge is -2.41. The molecule has 0 N–H and O–H groups in total. The molecule has 1 heterocycles. The summed E-state index contributed by atoms with van der Waals surface area (Å²) in [6, 6.07) is 8.60. The zero-order valence-electron chi connectivity index (χ0n) is 15.2. The van der Waals surface area contributed by atoms with Crippen molar-refractivity contribution < 1.29 is 9.53 Å². The van der Waals surface area contributed by atoms with Gasteiger partial charge in [-0.05, 0) is 62.0 Å². The first kappa shape index (κ1) is 15.5. The minimum Gasteiger partial charge on any atom is -0.497 e. The molecular weight excluding hydrogens is 312 g/mol. The number of methoxy groups -OCH3 is 1. The van der Waals surface area contributed by atoms with Crippen molar-refractivity contribution in [3.8, 4) is 5.75 Å². The van der Waals surface area contributed by atoms with Crippen LogP contribution in [0.5, 0.6) is 5.75 Å². The second-order valence-electron chi connectivity index (χ2n) is 8.54. The fourth-order valence-corrected chi connectivity index (χ4v) is 6.20. The van der Waals surface area contributed by atoms with Crippen LogP contribution in [0.3, 0.4) is 0 Å². The molecular formula is C21H28N2O2. The van der Waals surface area contributed by atoms with E-state index in [-0.39, 0.29) is 0 Å². The Morgan fingerprint density at radius 2 is 1.92 bits per heavy atom. The van der Waals surface area contributed by atoms with Crippen LogP contribution in [0.1, 0.15) is 26.2 Å². The summed E-state index contributed by atoms with van der Waals surface area (Å²) in [7, 11) is 1.71. The molecule has 0 spiro atoms. The van der Waals surface area contributed by atoms with Crippen molar-refractivity contribution in [2.45, 2.75) is 32.2 Å². The lowest BCUT2D eigenvalue weighted by atomic mass is 10.0. The number of rotatable bonds is 3. The van der Waals surface area contributed by atoms with Gasteiger partial charge in [0.15, 0.2) is 0 Å². The Morgan fingerprint density at radius 3 is 2.60 bits per heavy atom. The Bertz CT molecular complexity index is 674. The SMILES string of the molecule is COc1cccc(N2CCN(C(=O)C3C4C5CCC(C5)C34)CC2C)c1. The van der Waals surface area contributed by atoms with Crippen molar-refractivity contribution in [3.63, 3.8) is 0 Å². The number of carbonyl (C=O) groups excluding carboxylic acids is 1. The molecule has 1 saturated heterocycles. The topological polar surface area (TPSA) is 32.8 Å². The van der Waals surface area contributed by atoms with Crippen LogP contribution in [0, 0.1) is 29.6 Å². The number of fused-ring (bicyclic) bond motifs is 5. The summed E-state index contributed by atoms with van der Waals surface area (Å²) < 4.78 is 5.36. The summed E-state index contributed by atoms with van der Waals surface area (Å²) in [6.45, 7) is 4.85. The number of benzene rings is 1. The highest BCUT2D eigenvalue weighted by molar-refractivity contribution is 5.83. The molecule has 4 aliphatic rings. The fourth-order valence-electron chi connectivity index (χ4n) is 6.20. The second kappa shape index (κ2) is 5.65. The molecule has 4 nitrogen and oxygen atoms in total. The van der Waals surface area contributed by atoms with Gasteiger partial charge in [0.1, 0.15) is 5.75 Å². The molecule has 2 bridgehead atoms. The van der Waals surface area contributed by atoms with E-state index >= 15 is 0 Å². The lowest BCUT2D eigenvalue weighted by molar-refractivity contribution is -0.134. The molecule has 4 heteroatoms. The molecule has 0 aromatic heterocycles. The molecule has 4 fully saturated rings. The summed E-state index contributed by atoms with van der Waals surface area (Å²) in [6.07, 6.45) is 4.18. The zero-order chi connectivity index (χ0) is 17.1. The average Bonchev–Trinajstić information content (AvgIpc) is 3.07. The maximum Gasteiger partial charge on any atom is 0.226 e. The Labute approximate surface area is 150 Å². The van der Waals surface area contributed by atoms with E-state index in [0.717, 1.165) is 49.1 Å². The third-order valence-corrected chi connectivity index (χ3v) is 7.34. The summed E-state index contributed by atoms with van der Waals surface area (Å²) in [5, 5.41) is 0. The first-order chi connectivity index (χ1) is 12.2. The quantitative estimate of drug-likeness (QED) is 0.848. The van der Waals surface area contributed by atoms with Gasteiger partial charge in [0, 0.05) is 43.3 Å². The third-order valence-electron chi connectivity index (χ3n) is 7.34. The first-order valence-corrected chi connectivity index (χ1v) is 9.87. The predicted octanol–water partition coefficient (Wildman–Crippen LogP) is 3.02. The van der Waals surface area contributed by atoms with Crippen LogP contribution in [0.2, 0.25) is 0 Å². The molecule has 25 heavy (non-hydrogen) atoms. The average molecular weight is 340 g/mol. The molecule has 5 atom stereocenters. The number of anilines is 1. The van der Waals surface area contributed by atoms with Crippen LogP contribution >= 0.6 is 0 Å². The fraction of sp³-hybridized carbons (Fsp3) is 0.667. The van der Waals surface area contributed by atoms with E-state index in [1.165, 1.54) is 24.9 Å². The normalized spacial score (nSPS) is 38.6. The van der Waals surface area contributed by atoms with Crippen LogP contribution in [0.15, 0.2) is 24.3 Å². The van der Waals surface area contributed by atoms with Crippen molar-refractivity contribution in [1.82, 2.24) is 4.90 Å². The van der Waals surface area contributed by atoms with Gasteiger partial charge in [-0.2, -0.15) is 0 Å². The molecule has 1 aromatic carbocycles. The Balaban J connectivity index is 1.25. The van der Waals surface area contributed by atoms with Crippen molar-refractivity contribution in [3.05, 3.63) is 24.3 Å². The van der Waals surface area contributed by atoms with E-state index in [1.54, 1.807) is 7.11 Å². The number of piperazine rings is 1. The van der Waals surface area contributed by atoms with Gasteiger partial charge in [-0.3, -0.25) is 4.79 Å². The summed E-state index contributed by atoms with van der Waals surface area (Å²) in [5.74, 6) is 4.98. The number of hydrogen-bond donors (Lipinski definition) is 0. The minimum atomic E-state index is 0.347. The van der Waals surface area contributed by atoms with Crippen LogP contribution in [0.4, 0.5) is 5.69 Å². The predicted molar refractivity (Wildman–Crippen MR) is 97.7 cm³/mol. The van der Waals surface area contributed by atoms with Gasteiger partial charge in [-0.15, -0.1) is 0 Å². The molecule has 1 amide bonds. The van der Waals surface area contributed by atoms with Crippen molar-refractivity contribution in [2.75, 3.05) is 31.6 Å². The van der Waals surface area contributed by atoms with Crippen molar-refractivity contribution in [1.29, 1.82) is 0 Å². The van der Waals surface area contributed by atoms with E-state index in [9.17, 15) is 4.79 Å². The maximum absolute atomic E-state index is 13.1. The lowest BCUT2D eigenvalue weighted by Crippen LogP contribution is -2.54. The Kier molecular flexibility index (Phi) is 3.51. The molecule has 134 valence electrons. The molecule has 5 rings (SSSR count). The number of nitrogens with zero attached hydrogens (tertiary/aromatic N) is 2. The number of ether oxygens (including phenoxy) is 1. The molecule has 3 saturated carbocycles. The van der Waals surface area contributed by atoms with E-state index in [1.807, 2.05) is 12.1 Å². The Hall–Kier alpha value is -1.71. The van der Waals surface area contributed by atoms with Gasteiger partial charge in [0.05, 0.1) is 7.11 Å². The Morgan fingerprint density at radius 1 is 1.16 bits per heavy atom. The van der Waals surface area contributed by atoms with E-state index in [2.05, 4.69) is 28.9 Å². The smallest absolute Gasteiger partial charge is 0.226 e. The molecule has 5 unspecified atom stereocenters. The van der Waals surface area contributed by atoms with Crippen LogP contribution in [-0.2, 0) is 4.79 Å². The third kappa shape index (κ3) is 2.37. The van der Waals surface area contributed by atoms with Crippen LogP contribution < -0.4 is 9.64 Å². The van der Waals surface area contributed by atoms with Gasteiger partial charge in [-0.1, -0.05) is 6.07 Å². The minimum absolute atomic E-state index is 0.347. The zero-order valence-corrected chi connectivity index (χ0v) is 15.2. The van der Waals surface area contributed by atoms with Crippen LogP contribution in [0.25, 0.3) is 0 Å². The monoisotopic (exact) mass is 340 g/mol. The summed E-state index contributed by atoms with van der Waals surface area (Å²) in [4.78, 5) is 17.6. The first-order valence-electron chi connectivity index (χ1n) is 9.87. The molecule has 0 radical (unpaired) electrons. The van der Waals surface area contributed by atoms with E-state index in [0.29, 0.717) is 17.9 Å². The van der Waals surface area contributed by atoms with Gasteiger partial charge in [0.2, 0.25) is 5.91 Å². The van der Waals surface area contributed by atoms with Crippen molar-refractivity contribution in [2.24, 2.45) is 29.6 Å². The van der Waals surface area contributed by atoms with Gasteiger partial charge in [0.25, 0.3) is 0 Å². The highest BCUT2D eigenvalue weighted by atomic mass is 16.5. The summed E-state index contributed by atoms with van der Waals surface area (Å²) >= 11 is 0. The second-order valence-corrected chi connectivity index (χ2v) is 8.54. The van der Waals surface area contributed by atoms with Gasteiger partial charge >= 0.3 is 0 Å². The van der Waals surface area contributed by atoms with Gasteiger partial charge < -0.3 is 14.5 Å². The molecule has 1 aromatic rings. The summed E-state index contributed by atoms with van der Waals surface area (Å²) in [5.41, 5.74) is 1.19. The maximum atomic E-state index is 13.1. The number of hydrogen-bond acceptors (Lipinski definition) is 3. The highest BCUT2D eigenvalue weighted by Crippen LogP contribution is 2.69. The highest BCUT2D eigenvalue weighted by Gasteiger charge is 2.68. The molecule has 1 aliphatic heterocycles. The largest absolute Gasteiger partial charge is 0.497 e. The molecule has 3 aliphatic carbocycles.